The third-order valence-corrected chi connectivity index (χ3v) is 3.43. The molecule has 0 bridgehead atoms. The van der Waals surface area contributed by atoms with E-state index in [1.165, 1.54) is 6.07 Å². The van der Waals surface area contributed by atoms with Gasteiger partial charge >= 0.3 is 49.9 Å². The summed E-state index contributed by atoms with van der Waals surface area (Å²) in [6.07, 6.45) is -4.85. The first-order chi connectivity index (χ1) is 10.9. The van der Waals surface area contributed by atoms with Gasteiger partial charge in [0.2, 0.25) is 0 Å². The van der Waals surface area contributed by atoms with Crippen molar-refractivity contribution in [1.82, 2.24) is 0 Å². The van der Waals surface area contributed by atoms with E-state index >= 15 is 0 Å². The maximum atomic E-state index is 12.8. The molecule has 1 fully saturated rings. The molecule has 1 saturated heterocycles. The Morgan fingerprint density at radius 1 is 1.12 bits per heavy atom. The number of epoxide rings is 1. The first-order valence-corrected chi connectivity index (χ1v) is 6.98. The summed E-state index contributed by atoms with van der Waals surface area (Å²) in [5.74, 6) is -0.422. The van der Waals surface area contributed by atoms with Crippen molar-refractivity contribution in [3.05, 3.63) is 59.7 Å². The van der Waals surface area contributed by atoms with E-state index in [0.29, 0.717) is 23.3 Å². The summed E-state index contributed by atoms with van der Waals surface area (Å²) in [6, 6.07) is 12.0. The topological polar surface area (TPSA) is 38.8 Å². The van der Waals surface area contributed by atoms with Gasteiger partial charge in [-0.3, -0.25) is 0 Å². The van der Waals surface area contributed by atoms with Crippen LogP contribution in [-0.2, 0) is 27.1 Å². The van der Waals surface area contributed by atoms with Crippen LogP contribution in [-0.4, -0.2) is 56.4 Å². The summed E-state index contributed by atoms with van der Waals surface area (Å²) >= 11 is 0. The number of esters is 1. The van der Waals surface area contributed by atoms with Gasteiger partial charge in [0.15, 0.2) is 6.10 Å². The summed E-state index contributed by atoms with van der Waals surface area (Å²) in [5.41, 5.74) is 1.09. The zero-order valence-electron chi connectivity index (χ0n) is 12.0. The van der Waals surface area contributed by atoms with Crippen molar-refractivity contribution in [2.75, 3.05) is 6.61 Å². The standard InChI is InChI=1S/C17H13F3O3.Ca.2H/c18-17(19,20)14-6-2-5-13(8-14)12-4-1-3-11(7-12)9-23-16(21)15-10-22-15;;;/h1-8,15H,9-10H2;;;. The number of rotatable bonds is 4. The molecule has 1 aliphatic heterocycles. The molecule has 0 saturated carbocycles. The Labute approximate surface area is 166 Å². The van der Waals surface area contributed by atoms with Crippen LogP contribution in [0, 0.1) is 0 Å². The molecule has 3 rings (SSSR count). The third kappa shape index (κ3) is 4.96. The Kier molecular flexibility index (Phi) is 6.31. The fraction of sp³-hybridized carbons (Fsp3) is 0.235. The molecular formula is C17H15CaF3O3. The molecule has 24 heavy (non-hydrogen) atoms. The van der Waals surface area contributed by atoms with Gasteiger partial charge in [0.1, 0.15) is 6.61 Å². The number of hydrogen-bond donors (Lipinski definition) is 0. The predicted molar refractivity (Wildman–Crippen MR) is 85.0 cm³/mol. The van der Waals surface area contributed by atoms with Crippen LogP contribution >= 0.6 is 0 Å². The number of benzene rings is 2. The molecule has 0 aromatic heterocycles. The Hall–Kier alpha value is -1.08. The number of ether oxygens (including phenoxy) is 2. The third-order valence-electron chi connectivity index (χ3n) is 3.43. The second kappa shape index (κ2) is 7.87. The van der Waals surface area contributed by atoms with Crippen LogP contribution in [0.15, 0.2) is 48.5 Å². The summed E-state index contributed by atoms with van der Waals surface area (Å²) in [6.45, 7) is 0.439. The first-order valence-electron chi connectivity index (χ1n) is 6.98. The Balaban J connectivity index is 0.00000208. The van der Waals surface area contributed by atoms with Gasteiger partial charge in [0.05, 0.1) is 12.2 Å². The molecule has 0 spiro atoms. The average molecular weight is 364 g/mol. The van der Waals surface area contributed by atoms with Gasteiger partial charge in [0, 0.05) is 0 Å². The number of halogens is 3. The van der Waals surface area contributed by atoms with Crippen LogP contribution in [0.1, 0.15) is 11.1 Å². The van der Waals surface area contributed by atoms with Crippen molar-refractivity contribution >= 4 is 43.7 Å². The monoisotopic (exact) mass is 364 g/mol. The first kappa shape index (κ1) is 19.2. The van der Waals surface area contributed by atoms with E-state index in [2.05, 4.69) is 0 Å². The Morgan fingerprint density at radius 2 is 1.75 bits per heavy atom. The van der Waals surface area contributed by atoms with Gasteiger partial charge in [0.25, 0.3) is 0 Å². The van der Waals surface area contributed by atoms with E-state index in [-0.39, 0.29) is 44.3 Å². The van der Waals surface area contributed by atoms with Gasteiger partial charge in [-0.2, -0.15) is 13.2 Å². The van der Waals surface area contributed by atoms with Gasteiger partial charge in [-0.15, -0.1) is 0 Å². The molecule has 3 nitrogen and oxygen atoms in total. The van der Waals surface area contributed by atoms with E-state index in [1.807, 2.05) is 0 Å². The van der Waals surface area contributed by atoms with Gasteiger partial charge in [-0.1, -0.05) is 30.3 Å². The predicted octanol–water partition coefficient (Wildman–Crippen LogP) is 2.90. The molecule has 1 unspecified atom stereocenters. The number of hydrogen-bond acceptors (Lipinski definition) is 3. The number of carbonyl (C=O) groups is 1. The summed E-state index contributed by atoms with van der Waals surface area (Å²) in [5, 5.41) is 0. The summed E-state index contributed by atoms with van der Waals surface area (Å²) < 4.78 is 48.2. The number of carbonyl (C=O) groups excluding carboxylic acids is 1. The fourth-order valence-corrected chi connectivity index (χ4v) is 2.15. The SMILES string of the molecule is O=C(OCc1cccc(-c2cccc(C(F)(F)F)c2)c1)C1CO1.[CaH2]. The summed E-state index contributed by atoms with van der Waals surface area (Å²) in [4.78, 5) is 11.4. The molecule has 1 atom stereocenters. The molecular weight excluding hydrogens is 349 g/mol. The van der Waals surface area contributed by atoms with Crippen molar-refractivity contribution in [3.63, 3.8) is 0 Å². The average Bonchev–Trinajstić information content (AvgIpc) is 3.37. The van der Waals surface area contributed by atoms with Gasteiger partial charge < -0.3 is 9.47 Å². The van der Waals surface area contributed by atoms with E-state index in [4.69, 9.17) is 9.47 Å². The Bertz CT molecular complexity index is 727. The van der Waals surface area contributed by atoms with Gasteiger partial charge in [-0.25, -0.2) is 4.79 Å². The van der Waals surface area contributed by atoms with E-state index < -0.39 is 23.8 Å². The quantitative estimate of drug-likeness (QED) is 0.476. The zero-order chi connectivity index (χ0) is 16.4. The fourth-order valence-electron chi connectivity index (χ4n) is 2.15. The molecule has 0 aliphatic carbocycles. The molecule has 2 aromatic rings. The van der Waals surface area contributed by atoms with Crippen LogP contribution in [0.4, 0.5) is 13.2 Å². The zero-order valence-corrected chi connectivity index (χ0v) is 12.0. The van der Waals surface area contributed by atoms with Crippen molar-refractivity contribution < 1.29 is 27.4 Å². The molecule has 0 radical (unpaired) electrons. The Morgan fingerprint density at radius 3 is 2.38 bits per heavy atom. The van der Waals surface area contributed by atoms with Crippen molar-refractivity contribution in [1.29, 1.82) is 0 Å². The molecule has 7 heteroatoms. The molecule has 1 heterocycles. The van der Waals surface area contributed by atoms with E-state index in [0.717, 1.165) is 12.1 Å². The molecule has 0 N–H and O–H groups in total. The molecule has 2 aromatic carbocycles. The van der Waals surface area contributed by atoms with Gasteiger partial charge in [-0.05, 0) is 34.9 Å². The van der Waals surface area contributed by atoms with Crippen LogP contribution in [0.5, 0.6) is 0 Å². The van der Waals surface area contributed by atoms with Crippen LogP contribution in [0.3, 0.4) is 0 Å². The second-order valence-corrected chi connectivity index (χ2v) is 5.21. The van der Waals surface area contributed by atoms with Crippen molar-refractivity contribution in [3.8, 4) is 11.1 Å². The van der Waals surface area contributed by atoms with Crippen LogP contribution < -0.4 is 0 Å². The normalized spacial score (nSPS) is 16.2. The second-order valence-electron chi connectivity index (χ2n) is 5.21. The molecule has 1 aliphatic rings. The molecule has 0 amide bonds. The minimum atomic E-state index is -4.38. The van der Waals surface area contributed by atoms with Crippen molar-refractivity contribution in [2.24, 2.45) is 0 Å². The summed E-state index contributed by atoms with van der Waals surface area (Å²) in [7, 11) is 0. The molecule has 124 valence electrons. The van der Waals surface area contributed by atoms with Crippen LogP contribution in [0.25, 0.3) is 11.1 Å². The maximum absolute atomic E-state index is 12.8. The van der Waals surface area contributed by atoms with Crippen LogP contribution in [0.2, 0.25) is 0 Å². The van der Waals surface area contributed by atoms with E-state index in [9.17, 15) is 18.0 Å². The minimum absolute atomic E-state index is 0. The number of alkyl halides is 3. The van der Waals surface area contributed by atoms with Crippen molar-refractivity contribution in [2.45, 2.75) is 18.9 Å². The van der Waals surface area contributed by atoms with E-state index in [1.54, 1.807) is 30.3 Å².